The van der Waals surface area contributed by atoms with Crippen molar-refractivity contribution in [1.29, 1.82) is 0 Å². The predicted octanol–water partition coefficient (Wildman–Crippen LogP) is 15.3. The van der Waals surface area contributed by atoms with Crippen LogP contribution in [0.1, 0.15) is 284 Å². The SMILES string of the molecule is CCCCCCCCCCC/C=C\C/C=C\CCCCCCCCCCCCCC(=O)NC(COC1OC(CO)C(O)C(O)C1O)C(O)/C=C/CC/C=C/CCCCCCCCCCCCCCCCC. The topological polar surface area (TPSA) is 149 Å². The van der Waals surface area contributed by atoms with E-state index in [0.717, 1.165) is 44.9 Å². The number of aliphatic hydroxyl groups is 5. The summed E-state index contributed by atoms with van der Waals surface area (Å²) in [6, 6.07) is -0.824. The van der Waals surface area contributed by atoms with Crippen molar-refractivity contribution in [2.45, 2.75) is 326 Å². The smallest absolute Gasteiger partial charge is 0.220 e. The number of amides is 1. The van der Waals surface area contributed by atoms with Crippen LogP contribution >= 0.6 is 0 Å². The molecule has 0 aromatic carbocycles. The number of hydrogen-bond acceptors (Lipinski definition) is 8. The Hall–Kier alpha value is -1.85. The lowest BCUT2D eigenvalue weighted by Crippen LogP contribution is -2.60. The molecule has 0 saturated carbocycles. The molecule has 1 rings (SSSR count). The van der Waals surface area contributed by atoms with Gasteiger partial charge in [0.05, 0.1) is 25.4 Å². The standard InChI is InChI=1S/C62H115NO8/c1-3-5-7-9-11-13-15-17-19-21-23-25-26-27-28-29-30-32-34-36-38-40-42-44-46-48-50-52-58(66)63-55(54-70-62-61(69)60(68)59(67)57(53-64)71-62)56(65)51-49-47-45-43-41-39-37-35-33-31-24-22-20-18-16-14-12-10-8-6-4-2/h23,25,27-28,41,43,49,51,55-57,59-62,64-65,67-69H,3-22,24,26,29-40,42,44-48,50,52-54H2,1-2H3,(H,63,66)/b25-23-,28-27-,43-41+,51-49+. The summed E-state index contributed by atoms with van der Waals surface area (Å²) in [6.07, 6.45) is 61.8. The van der Waals surface area contributed by atoms with Crippen molar-refractivity contribution in [3.8, 4) is 0 Å². The molecule has 0 bridgehead atoms. The van der Waals surface area contributed by atoms with Crippen molar-refractivity contribution >= 4 is 5.91 Å². The summed E-state index contributed by atoms with van der Waals surface area (Å²) >= 11 is 0. The lowest BCUT2D eigenvalue weighted by Gasteiger charge is -2.40. The first-order chi connectivity index (χ1) is 34.8. The summed E-state index contributed by atoms with van der Waals surface area (Å²) in [6.45, 7) is 3.79. The van der Waals surface area contributed by atoms with E-state index in [1.165, 1.54) is 218 Å². The summed E-state index contributed by atoms with van der Waals surface area (Å²) in [5.74, 6) is -0.187. The van der Waals surface area contributed by atoms with Gasteiger partial charge in [0, 0.05) is 6.42 Å². The summed E-state index contributed by atoms with van der Waals surface area (Å²) in [4.78, 5) is 13.1. The number of aliphatic hydroxyl groups excluding tert-OH is 5. The zero-order chi connectivity index (χ0) is 51.5. The molecule has 416 valence electrons. The van der Waals surface area contributed by atoms with E-state index in [0.29, 0.717) is 6.42 Å². The highest BCUT2D eigenvalue weighted by molar-refractivity contribution is 5.76. The molecule has 0 aromatic rings. The van der Waals surface area contributed by atoms with Gasteiger partial charge in [-0.15, -0.1) is 0 Å². The van der Waals surface area contributed by atoms with Gasteiger partial charge >= 0.3 is 0 Å². The lowest BCUT2D eigenvalue weighted by molar-refractivity contribution is -0.302. The van der Waals surface area contributed by atoms with Gasteiger partial charge in [0.25, 0.3) is 0 Å². The maximum Gasteiger partial charge on any atom is 0.220 e. The highest BCUT2D eigenvalue weighted by Crippen LogP contribution is 2.23. The molecule has 7 atom stereocenters. The minimum atomic E-state index is -1.57. The van der Waals surface area contributed by atoms with Gasteiger partial charge in [-0.25, -0.2) is 0 Å². The van der Waals surface area contributed by atoms with Gasteiger partial charge < -0.3 is 40.3 Å². The summed E-state index contributed by atoms with van der Waals surface area (Å²) < 4.78 is 11.3. The summed E-state index contributed by atoms with van der Waals surface area (Å²) in [5.41, 5.74) is 0. The van der Waals surface area contributed by atoms with Crippen molar-refractivity contribution in [2.24, 2.45) is 0 Å². The number of carbonyl (C=O) groups excluding carboxylic acids is 1. The molecule has 1 heterocycles. The van der Waals surface area contributed by atoms with Crippen LogP contribution in [0.25, 0.3) is 0 Å². The zero-order valence-electron chi connectivity index (χ0n) is 46.2. The van der Waals surface area contributed by atoms with Crippen LogP contribution in [0.5, 0.6) is 0 Å². The average molecular weight is 1000 g/mol. The Bertz CT molecular complexity index is 1250. The van der Waals surface area contributed by atoms with E-state index in [2.05, 4.69) is 55.6 Å². The van der Waals surface area contributed by atoms with Crippen LogP contribution in [0, 0.1) is 0 Å². The Balaban J connectivity index is 2.22. The molecule has 6 N–H and O–H groups in total. The number of hydrogen-bond donors (Lipinski definition) is 6. The van der Waals surface area contributed by atoms with Gasteiger partial charge in [-0.3, -0.25) is 4.79 Å². The number of unbranched alkanes of at least 4 members (excludes halogenated alkanes) is 36. The van der Waals surface area contributed by atoms with Crippen LogP contribution in [0.3, 0.4) is 0 Å². The number of rotatable bonds is 52. The fourth-order valence-electron chi connectivity index (χ4n) is 9.56. The molecule has 0 aromatic heterocycles. The van der Waals surface area contributed by atoms with E-state index in [4.69, 9.17) is 9.47 Å². The van der Waals surface area contributed by atoms with Crippen molar-refractivity contribution in [2.75, 3.05) is 13.2 Å². The first kappa shape index (κ1) is 67.2. The third-order valence-corrected chi connectivity index (χ3v) is 14.4. The Morgan fingerprint density at radius 3 is 1.27 bits per heavy atom. The first-order valence-corrected chi connectivity index (χ1v) is 30.4. The summed E-state index contributed by atoms with van der Waals surface area (Å²) in [5, 5.41) is 54.5. The van der Waals surface area contributed by atoms with Gasteiger partial charge in [-0.1, -0.05) is 262 Å². The number of carbonyl (C=O) groups is 1. The minimum Gasteiger partial charge on any atom is -0.394 e. The molecule has 9 heteroatoms. The van der Waals surface area contributed by atoms with Crippen molar-refractivity contribution in [3.05, 3.63) is 48.6 Å². The molecular weight excluding hydrogens is 887 g/mol. The van der Waals surface area contributed by atoms with Crippen LogP contribution in [0.4, 0.5) is 0 Å². The van der Waals surface area contributed by atoms with E-state index in [9.17, 15) is 30.3 Å². The normalized spacial score (nSPS) is 19.6. The third kappa shape index (κ3) is 41.1. The highest BCUT2D eigenvalue weighted by Gasteiger charge is 2.44. The van der Waals surface area contributed by atoms with Gasteiger partial charge in [0.15, 0.2) is 6.29 Å². The molecule has 71 heavy (non-hydrogen) atoms. The van der Waals surface area contributed by atoms with E-state index in [-0.39, 0.29) is 12.5 Å². The quantitative estimate of drug-likeness (QED) is 0.0261. The van der Waals surface area contributed by atoms with E-state index in [1.54, 1.807) is 6.08 Å². The number of allylic oxidation sites excluding steroid dienone is 7. The molecule has 1 amide bonds. The van der Waals surface area contributed by atoms with E-state index >= 15 is 0 Å². The Morgan fingerprint density at radius 2 is 0.845 bits per heavy atom. The monoisotopic (exact) mass is 1000 g/mol. The van der Waals surface area contributed by atoms with E-state index < -0.39 is 49.5 Å². The number of nitrogens with one attached hydrogen (secondary N) is 1. The van der Waals surface area contributed by atoms with Gasteiger partial charge in [-0.2, -0.15) is 0 Å². The second-order valence-corrected chi connectivity index (χ2v) is 21.1. The minimum absolute atomic E-state index is 0.187. The molecular formula is C62H115NO8. The first-order valence-electron chi connectivity index (χ1n) is 30.4. The predicted molar refractivity (Wildman–Crippen MR) is 299 cm³/mol. The summed E-state index contributed by atoms with van der Waals surface area (Å²) in [7, 11) is 0. The molecule has 9 nitrogen and oxygen atoms in total. The molecule has 7 unspecified atom stereocenters. The fourth-order valence-corrected chi connectivity index (χ4v) is 9.56. The maximum atomic E-state index is 13.1. The van der Waals surface area contributed by atoms with Crippen molar-refractivity contribution < 1.29 is 39.8 Å². The van der Waals surface area contributed by atoms with Crippen molar-refractivity contribution in [1.82, 2.24) is 5.32 Å². The van der Waals surface area contributed by atoms with Crippen LogP contribution in [0.2, 0.25) is 0 Å². The number of ether oxygens (including phenoxy) is 2. The Morgan fingerprint density at radius 1 is 0.479 bits per heavy atom. The molecule has 1 saturated heterocycles. The van der Waals surface area contributed by atoms with Crippen LogP contribution in [0.15, 0.2) is 48.6 Å². The van der Waals surface area contributed by atoms with Crippen LogP contribution < -0.4 is 5.32 Å². The van der Waals surface area contributed by atoms with Gasteiger partial charge in [0.1, 0.15) is 24.4 Å². The van der Waals surface area contributed by atoms with Crippen molar-refractivity contribution in [3.63, 3.8) is 0 Å². The maximum absolute atomic E-state index is 13.1. The molecule has 1 fully saturated rings. The Labute approximate surface area is 437 Å². The highest BCUT2D eigenvalue weighted by atomic mass is 16.7. The molecule has 0 radical (unpaired) electrons. The molecule has 1 aliphatic rings. The third-order valence-electron chi connectivity index (χ3n) is 14.4. The zero-order valence-corrected chi connectivity index (χ0v) is 46.2. The van der Waals surface area contributed by atoms with Crippen LogP contribution in [-0.2, 0) is 14.3 Å². The fraction of sp³-hybridized carbons (Fsp3) is 0.855. The average Bonchev–Trinajstić information content (AvgIpc) is 3.37. The molecule has 1 aliphatic heterocycles. The van der Waals surface area contributed by atoms with Crippen LogP contribution in [-0.4, -0.2) is 87.5 Å². The largest absolute Gasteiger partial charge is 0.394 e. The van der Waals surface area contributed by atoms with Gasteiger partial charge in [0.2, 0.25) is 5.91 Å². The lowest BCUT2D eigenvalue weighted by atomic mass is 9.99. The second kappa shape index (κ2) is 51.6. The molecule has 0 aliphatic carbocycles. The van der Waals surface area contributed by atoms with E-state index in [1.807, 2.05) is 6.08 Å². The molecule has 0 spiro atoms. The Kier molecular flexibility index (Phi) is 48.8. The van der Waals surface area contributed by atoms with Gasteiger partial charge in [-0.05, 0) is 64.2 Å². The second-order valence-electron chi connectivity index (χ2n) is 21.1.